The van der Waals surface area contributed by atoms with Gasteiger partial charge < -0.3 is 14.9 Å². The summed E-state index contributed by atoms with van der Waals surface area (Å²) in [4.78, 5) is 11.6. The van der Waals surface area contributed by atoms with Crippen molar-refractivity contribution in [3.05, 3.63) is 95.6 Å². The number of phenols is 1. The van der Waals surface area contributed by atoms with Crippen LogP contribution < -0.4 is 4.74 Å². The van der Waals surface area contributed by atoms with Crippen molar-refractivity contribution in [3.8, 4) is 11.5 Å². The summed E-state index contributed by atoms with van der Waals surface area (Å²) in [7, 11) is 0. The second-order valence-corrected chi connectivity index (χ2v) is 5.76. The van der Waals surface area contributed by atoms with Gasteiger partial charge >= 0.3 is 5.97 Å². The van der Waals surface area contributed by atoms with E-state index in [-0.39, 0.29) is 11.3 Å². The molecule has 0 amide bonds. The normalized spacial score (nSPS) is 11.2. The van der Waals surface area contributed by atoms with Crippen LogP contribution in [0.2, 0.25) is 0 Å². The molecule has 0 unspecified atom stereocenters. The Bertz CT molecular complexity index is 912. The highest BCUT2D eigenvalue weighted by Crippen LogP contribution is 2.23. The van der Waals surface area contributed by atoms with E-state index < -0.39 is 5.97 Å². The lowest BCUT2D eigenvalue weighted by molar-refractivity contribution is -0.130. The van der Waals surface area contributed by atoms with E-state index in [9.17, 15) is 15.0 Å². The van der Waals surface area contributed by atoms with Crippen LogP contribution >= 0.6 is 0 Å². The van der Waals surface area contributed by atoms with Crippen molar-refractivity contribution in [3.63, 3.8) is 0 Å². The number of ether oxygens (including phenoxy) is 1. The molecule has 0 radical (unpaired) electrons. The zero-order chi connectivity index (χ0) is 18.4. The first kappa shape index (κ1) is 17.3. The number of hydrogen-bond donors (Lipinski definition) is 2. The Morgan fingerprint density at radius 3 is 2.31 bits per heavy atom. The fraction of sp³-hybridized carbons (Fsp3) is 0.0455. The Balaban J connectivity index is 1.76. The Morgan fingerprint density at radius 1 is 0.923 bits per heavy atom. The molecule has 2 N–H and O–H groups in total. The molecule has 0 saturated heterocycles. The van der Waals surface area contributed by atoms with E-state index >= 15 is 0 Å². The van der Waals surface area contributed by atoms with Gasteiger partial charge in [0.15, 0.2) is 0 Å². The van der Waals surface area contributed by atoms with Crippen LogP contribution in [0.5, 0.6) is 11.5 Å². The Kier molecular flexibility index (Phi) is 5.34. The molecule has 0 fully saturated rings. The molecule has 0 aliphatic rings. The number of hydrogen-bond acceptors (Lipinski definition) is 3. The third-order valence-electron chi connectivity index (χ3n) is 3.83. The minimum atomic E-state index is -1.06. The lowest BCUT2D eigenvalue weighted by Crippen LogP contribution is -1.99. The molecule has 0 heterocycles. The summed E-state index contributed by atoms with van der Waals surface area (Å²) in [5, 5.41) is 19.0. The van der Waals surface area contributed by atoms with E-state index in [2.05, 4.69) is 0 Å². The maximum atomic E-state index is 11.6. The number of aliphatic carboxylic acids is 1. The highest BCUT2D eigenvalue weighted by molar-refractivity contribution is 6.20. The summed E-state index contributed by atoms with van der Waals surface area (Å²) < 4.78 is 5.73. The first-order chi connectivity index (χ1) is 12.6. The highest BCUT2D eigenvalue weighted by atomic mass is 16.5. The predicted molar refractivity (Wildman–Crippen MR) is 101 cm³/mol. The number of aromatic hydroxyl groups is 1. The van der Waals surface area contributed by atoms with Crippen LogP contribution in [0.15, 0.2) is 78.9 Å². The summed E-state index contributed by atoms with van der Waals surface area (Å²) in [6.45, 7) is 0.472. The fourth-order valence-corrected chi connectivity index (χ4v) is 2.51. The van der Waals surface area contributed by atoms with E-state index in [1.165, 1.54) is 12.1 Å². The molecule has 3 rings (SSSR count). The molecule has 0 saturated carbocycles. The molecule has 0 aliphatic heterocycles. The summed E-state index contributed by atoms with van der Waals surface area (Å²) in [6.07, 6.45) is 1.57. The van der Waals surface area contributed by atoms with E-state index in [1.807, 2.05) is 30.3 Å². The number of carboxylic acid groups (broad SMARTS) is 1. The van der Waals surface area contributed by atoms with Crippen molar-refractivity contribution in [1.29, 1.82) is 0 Å². The number of rotatable bonds is 6. The maximum absolute atomic E-state index is 11.6. The monoisotopic (exact) mass is 346 g/mol. The zero-order valence-electron chi connectivity index (χ0n) is 14.0. The van der Waals surface area contributed by atoms with Crippen LogP contribution in [0.1, 0.15) is 16.7 Å². The maximum Gasteiger partial charge on any atom is 0.336 e. The molecular formula is C22H18O4. The molecule has 0 bridgehead atoms. The van der Waals surface area contributed by atoms with Gasteiger partial charge in [0.2, 0.25) is 0 Å². The summed E-state index contributed by atoms with van der Waals surface area (Å²) in [6, 6.07) is 23.3. The first-order valence-corrected chi connectivity index (χ1v) is 8.13. The standard InChI is InChI=1S/C22H18O4/c23-19-8-4-7-18(14-19)21(22(24)25)13-16-9-11-20(12-10-16)26-15-17-5-2-1-3-6-17/h1-14,23H,15H2,(H,24,25)/b21-13-. The summed E-state index contributed by atoms with van der Waals surface area (Å²) in [5.74, 6) is -0.320. The van der Waals surface area contributed by atoms with Gasteiger partial charge in [-0.15, -0.1) is 0 Å². The second kappa shape index (κ2) is 8.03. The minimum absolute atomic E-state index is 0.0271. The molecule has 4 nitrogen and oxygen atoms in total. The number of carboxylic acids is 1. The SMILES string of the molecule is O=C(O)/C(=C\c1ccc(OCc2ccccc2)cc1)c1cccc(O)c1. The average Bonchev–Trinajstić information content (AvgIpc) is 2.66. The quantitative estimate of drug-likeness (QED) is 0.506. The molecule has 0 aliphatic carbocycles. The van der Waals surface area contributed by atoms with Gasteiger partial charge in [0.1, 0.15) is 18.1 Å². The van der Waals surface area contributed by atoms with Crippen LogP contribution in [0.4, 0.5) is 0 Å². The van der Waals surface area contributed by atoms with E-state index in [1.54, 1.807) is 42.5 Å². The molecule has 3 aromatic rings. The molecule has 26 heavy (non-hydrogen) atoms. The fourth-order valence-electron chi connectivity index (χ4n) is 2.51. The number of phenolic OH excluding ortho intramolecular Hbond substituents is 1. The smallest absolute Gasteiger partial charge is 0.336 e. The van der Waals surface area contributed by atoms with Gasteiger partial charge in [-0.1, -0.05) is 54.6 Å². The molecule has 0 atom stereocenters. The molecule has 4 heteroatoms. The van der Waals surface area contributed by atoms with Crippen molar-refractivity contribution in [2.24, 2.45) is 0 Å². The van der Waals surface area contributed by atoms with Gasteiger partial charge in [-0.3, -0.25) is 0 Å². The number of carbonyl (C=O) groups is 1. The predicted octanol–water partition coefficient (Wildman–Crippen LogP) is 4.60. The van der Waals surface area contributed by atoms with Gasteiger partial charge in [-0.2, -0.15) is 0 Å². The van der Waals surface area contributed by atoms with Crippen molar-refractivity contribution in [2.45, 2.75) is 6.61 Å². The van der Waals surface area contributed by atoms with Gasteiger partial charge in [-0.05, 0) is 47.0 Å². The van der Waals surface area contributed by atoms with Crippen LogP contribution in [0, 0.1) is 0 Å². The minimum Gasteiger partial charge on any atom is -0.508 e. The first-order valence-electron chi connectivity index (χ1n) is 8.13. The average molecular weight is 346 g/mol. The lowest BCUT2D eigenvalue weighted by Gasteiger charge is -2.07. The zero-order valence-corrected chi connectivity index (χ0v) is 14.0. The highest BCUT2D eigenvalue weighted by Gasteiger charge is 2.11. The van der Waals surface area contributed by atoms with Crippen LogP contribution in [0.3, 0.4) is 0 Å². The lowest BCUT2D eigenvalue weighted by atomic mass is 10.0. The Morgan fingerprint density at radius 2 is 1.65 bits per heavy atom. The molecule has 130 valence electrons. The topological polar surface area (TPSA) is 66.8 Å². The van der Waals surface area contributed by atoms with Crippen molar-refractivity contribution in [1.82, 2.24) is 0 Å². The van der Waals surface area contributed by atoms with Crippen LogP contribution in [-0.2, 0) is 11.4 Å². The Labute approximate surface area is 151 Å². The van der Waals surface area contributed by atoms with Crippen LogP contribution in [0.25, 0.3) is 11.6 Å². The van der Waals surface area contributed by atoms with E-state index in [0.717, 1.165) is 11.1 Å². The second-order valence-electron chi connectivity index (χ2n) is 5.76. The molecule has 3 aromatic carbocycles. The summed E-state index contributed by atoms with van der Waals surface area (Å²) >= 11 is 0. The van der Waals surface area contributed by atoms with Gasteiger partial charge in [0.05, 0.1) is 5.57 Å². The third kappa shape index (κ3) is 4.51. The van der Waals surface area contributed by atoms with Crippen molar-refractivity contribution >= 4 is 17.6 Å². The van der Waals surface area contributed by atoms with Gasteiger partial charge in [0.25, 0.3) is 0 Å². The number of benzene rings is 3. The summed E-state index contributed by atoms with van der Waals surface area (Å²) in [5.41, 5.74) is 2.37. The van der Waals surface area contributed by atoms with Crippen molar-refractivity contribution in [2.75, 3.05) is 0 Å². The molecule has 0 aromatic heterocycles. The third-order valence-corrected chi connectivity index (χ3v) is 3.83. The Hall–Kier alpha value is -3.53. The molecular weight excluding hydrogens is 328 g/mol. The van der Waals surface area contributed by atoms with Crippen LogP contribution in [-0.4, -0.2) is 16.2 Å². The van der Waals surface area contributed by atoms with Crippen molar-refractivity contribution < 1.29 is 19.7 Å². The van der Waals surface area contributed by atoms with E-state index in [4.69, 9.17) is 4.74 Å². The largest absolute Gasteiger partial charge is 0.508 e. The van der Waals surface area contributed by atoms with Gasteiger partial charge in [-0.25, -0.2) is 4.79 Å². The van der Waals surface area contributed by atoms with Gasteiger partial charge in [0, 0.05) is 0 Å². The van der Waals surface area contributed by atoms with E-state index in [0.29, 0.717) is 17.9 Å². The molecule has 0 spiro atoms.